The molecule has 0 spiro atoms. The number of carbonyl (C=O) groups excluding carboxylic acids is 1. The van der Waals surface area contributed by atoms with Gasteiger partial charge in [-0.3, -0.25) is 4.79 Å². The third kappa shape index (κ3) is 3.66. The molecule has 3 aromatic rings. The second kappa shape index (κ2) is 6.76. The molecular formula is C15H11N3O3S2. The molecule has 6 nitrogen and oxygen atoms in total. The van der Waals surface area contributed by atoms with Gasteiger partial charge in [0.05, 0.1) is 21.5 Å². The molecule has 8 heteroatoms. The molecule has 116 valence electrons. The zero-order valence-corrected chi connectivity index (χ0v) is 13.4. The van der Waals surface area contributed by atoms with Crippen LogP contribution in [0.2, 0.25) is 0 Å². The average Bonchev–Trinajstić information content (AvgIpc) is 2.95. The van der Waals surface area contributed by atoms with Gasteiger partial charge in [0, 0.05) is 6.20 Å². The van der Waals surface area contributed by atoms with Gasteiger partial charge in [-0.2, -0.15) is 0 Å². The van der Waals surface area contributed by atoms with Gasteiger partial charge < -0.3 is 10.4 Å². The van der Waals surface area contributed by atoms with E-state index in [9.17, 15) is 9.59 Å². The van der Waals surface area contributed by atoms with E-state index < -0.39 is 5.97 Å². The maximum absolute atomic E-state index is 12.0. The Balaban J connectivity index is 1.65. The molecule has 0 bridgehead atoms. The molecule has 2 N–H and O–H groups in total. The summed E-state index contributed by atoms with van der Waals surface area (Å²) in [5.41, 5.74) is 0.920. The van der Waals surface area contributed by atoms with E-state index in [1.54, 1.807) is 6.07 Å². The molecule has 3 rings (SSSR count). The number of thiazole rings is 1. The molecule has 0 saturated carbocycles. The normalized spacial score (nSPS) is 10.6. The molecule has 1 aromatic carbocycles. The Morgan fingerprint density at radius 3 is 2.83 bits per heavy atom. The Morgan fingerprint density at radius 2 is 2.04 bits per heavy atom. The number of aromatic carboxylic acids is 1. The van der Waals surface area contributed by atoms with Crippen LogP contribution in [0.3, 0.4) is 0 Å². The van der Waals surface area contributed by atoms with Crippen molar-refractivity contribution in [3.05, 3.63) is 48.2 Å². The van der Waals surface area contributed by atoms with E-state index in [2.05, 4.69) is 15.3 Å². The highest BCUT2D eigenvalue weighted by Crippen LogP contribution is 2.26. The van der Waals surface area contributed by atoms with Crippen molar-refractivity contribution in [3.63, 3.8) is 0 Å². The smallest absolute Gasteiger partial charge is 0.338 e. The van der Waals surface area contributed by atoms with E-state index in [4.69, 9.17) is 5.11 Å². The van der Waals surface area contributed by atoms with Crippen LogP contribution in [0.4, 0.5) is 5.13 Å². The van der Waals surface area contributed by atoms with E-state index in [0.29, 0.717) is 10.2 Å². The summed E-state index contributed by atoms with van der Waals surface area (Å²) in [7, 11) is 0. The van der Waals surface area contributed by atoms with E-state index in [-0.39, 0.29) is 17.2 Å². The number of rotatable bonds is 5. The lowest BCUT2D eigenvalue weighted by atomic mass is 10.3. The summed E-state index contributed by atoms with van der Waals surface area (Å²) in [5, 5.41) is 12.7. The summed E-state index contributed by atoms with van der Waals surface area (Å²) in [6, 6.07) is 10.6. The number of carboxylic acid groups (broad SMARTS) is 1. The predicted molar refractivity (Wildman–Crippen MR) is 90.2 cm³/mol. The summed E-state index contributed by atoms with van der Waals surface area (Å²) in [5.74, 6) is -1.25. The fraction of sp³-hybridized carbons (Fsp3) is 0.0667. The minimum Gasteiger partial charge on any atom is -0.478 e. The summed E-state index contributed by atoms with van der Waals surface area (Å²) in [6.45, 7) is 0. The second-order valence-corrected chi connectivity index (χ2v) is 6.48. The maximum Gasteiger partial charge on any atom is 0.338 e. The summed E-state index contributed by atoms with van der Waals surface area (Å²) < 4.78 is 0.994. The number of hydrogen-bond donors (Lipinski definition) is 2. The van der Waals surface area contributed by atoms with E-state index in [1.165, 1.54) is 23.6 Å². The summed E-state index contributed by atoms with van der Waals surface area (Å²) in [6.07, 6.45) is 1.50. The monoisotopic (exact) mass is 345 g/mol. The lowest BCUT2D eigenvalue weighted by Gasteiger charge is -2.04. The number of carbonyl (C=O) groups is 2. The van der Waals surface area contributed by atoms with Gasteiger partial charge in [0.2, 0.25) is 5.91 Å². The van der Waals surface area contributed by atoms with E-state index in [1.807, 2.05) is 24.3 Å². The number of aromatic nitrogens is 2. The number of amides is 1. The Morgan fingerprint density at radius 1 is 1.22 bits per heavy atom. The molecule has 0 fully saturated rings. The third-order valence-corrected chi connectivity index (χ3v) is 4.84. The molecule has 0 unspecified atom stereocenters. The quantitative estimate of drug-likeness (QED) is 0.690. The van der Waals surface area contributed by atoms with Gasteiger partial charge in [-0.15, -0.1) is 0 Å². The lowest BCUT2D eigenvalue weighted by molar-refractivity contribution is -0.113. The first-order chi connectivity index (χ1) is 11.1. The van der Waals surface area contributed by atoms with E-state index >= 15 is 0 Å². The van der Waals surface area contributed by atoms with Gasteiger partial charge in [0.15, 0.2) is 5.13 Å². The number of thioether (sulfide) groups is 1. The number of para-hydroxylation sites is 1. The average molecular weight is 345 g/mol. The van der Waals surface area contributed by atoms with Gasteiger partial charge in [0.25, 0.3) is 0 Å². The predicted octanol–water partition coefficient (Wildman–Crippen LogP) is 3.12. The van der Waals surface area contributed by atoms with Crippen LogP contribution in [0.1, 0.15) is 10.4 Å². The number of pyridine rings is 1. The Labute approximate surface area is 139 Å². The molecule has 2 aromatic heterocycles. The molecule has 23 heavy (non-hydrogen) atoms. The zero-order valence-electron chi connectivity index (χ0n) is 11.7. The minimum atomic E-state index is -1.06. The SMILES string of the molecule is O=C(CSc1ncccc1C(=O)O)Nc1nc2ccccc2s1. The van der Waals surface area contributed by atoms with Gasteiger partial charge in [-0.05, 0) is 24.3 Å². The Kier molecular flexibility index (Phi) is 4.54. The topological polar surface area (TPSA) is 92.2 Å². The van der Waals surface area contributed by atoms with Crippen LogP contribution in [0.5, 0.6) is 0 Å². The van der Waals surface area contributed by atoms with Gasteiger partial charge in [-0.1, -0.05) is 35.2 Å². The number of benzene rings is 1. The van der Waals surface area contributed by atoms with Crippen molar-refractivity contribution in [3.8, 4) is 0 Å². The second-order valence-electron chi connectivity index (χ2n) is 4.48. The molecule has 0 aliphatic heterocycles. The van der Waals surface area contributed by atoms with Crippen LogP contribution in [0.15, 0.2) is 47.6 Å². The molecule has 0 aliphatic carbocycles. The Bertz CT molecular complexity index is 846. The number of carboxylic acids is 1. The Hall–Kier alpha value is -2.45. The van der Waals surface area contributed by atoms with Crippen LogP contribution in [0.25, 0.3) is 10.2 Å². The molecular weight excluding hydrogens is 334 g/mol. The van der Waals surface area contributed by atoms with Crippen LogP contribution in [-0.2, 0) is 4.79 Å². The largest absolute Gasteiger partial charge is 0.478 e. The van der Waals surface area contributed by atoms with E-state index in [0.717, 1.165) is 22.0 Å². The van der Waals surface area contributed by atoms with Gasteiger partial charge in [-0.25, -0.2) is 14.8 Å². The number of anilines is 1. The first-order valence-electron chi connectivity index (χ1n) is 6.60. The fourth-order valence-electron chi connectivity index (χ4n) is 1.88. The molecule has 0 aliphatic rings. The number of fused-ring (bicyclic) bond motifs is 1. The first-order valence-corrected chi connectivity index (χ1v) is 8.40. The van der Waals surface area contributed by atoms with Gasteiger partial charge in [0.1, 0.15) is 5.03 Å². The van der Waals surface area contributed by atoms with Crippen LogP contribution >= 0.6 is 23.1 Å². The van der Waals surface area contributed by atoms with Crippen molar-refractivity contribution in [1.82, 2.24) is 9.97 Å². The van der Waals surface area contributed by atoms with Crippen molar-refractivity contribution in [2.24, 2.45) is 0 Å². The van der Waals surface area contributed by atoms with Crippen molar-refractivity contribution in [1.29, 1.82) is 0 Å². The van der Waals surface area contributed by atoms with Crippen LogP contribution in [-0.4, -0.2) is 32.7 Å². The van der Waals surface area contributed by atoms with Gasteiger partial charge >= 0.3 is 5.97 Å². The molecule has 0 saturated heterocycles. The fourth-order valence-corrected chi connectivity index (χ4v) is 3.55. The highest BCUT2D eigenvalue weighted by Gasteiger charge is 2.13. The summed E-state index contributed by atoms with van der Waals surface area (Å²) in [4.78, 5) is 31.4. The van der Waals surface area contributed by atoms with Crippen molar-refractivity contribution >= 4 is 50.3 Å². The standard InChI is InChI=1S/C15H11N3O3S2/c19-12(8-22-13-9(14(20)21)4-3-7-16-13)18-15-17-10-5-1-2-6-11(10)23-15/h1-7H,8H2,(H,20,21)(H,17,18,19). The number of nitrogens with one attached hydrogen (secondary N) is 1. The zero-order chi connectivity index (χ0) is 16.2. The van der Waals surface area contributed by atoms with Crippen LogP contribution in [0, 0.1) is 0 Å². The molecule has 1 amide bonds. The maximum atomic E-state index is 12.0. The third-order valence-electron chi connectivity index (χ3n) is 2.88. The molecule has 0 atom stereocenters. The van der Waals surface area contributed by atoms with Crippen molar-refractivity contribution in [2.75, 3.05) is 11.1 Å². The van der Waals surface area contributed by atoms with Crippen molar-refractivity contribution < 1.29 is 14.7 Å². The highest BCUT2D eigenvalue weighted by atomic mass is 32.2. The number of nitrogens with zero attached hydrogens (tertiary/aromatic N) is 2. The lowest BCUT2D eigenvalue weighted by Crippen LogP contribution is -2.14. The van der Waals surface area contributed by atoms with Crippen LogP contribution < -0.4 is 5.32 Å². The molecule has 2 heterocycles. The highest BCUT2D eigenvalue weighted by molar-refractivity contribution is 8.00. The minimum absolute atomic E-state index is 0.0627. The number of hydrogen-bond acceptors (Lipinski definition) is 6. The van der Waals surface area contributed by atoms with Crippen molar-refractivity contribution in [2.45, 2.75) is 5.03 Å². The molecule has 0 radical (unpaired) electrons. The summed E-state index contributed by atoms with van der Waals surface area (Å²) >= 11 is 2.48. The first kappa shape index (κ1) is 15.4.